The van der Waals surface area contributed by atoms with Gasteiger partial charge < -0.3 is 10.2 Å². The van der Waals surface area contributed by atoms with E-state index in [9.17, 15) is 0 Å². The van der Waals surface area contributed by atoms with E-state index in [0.29, 0.717) is 0 Å². The van der Waals surface area contributed by atoms with Crippen LogP contribution < -0.4 is 5.32 Å². The number of nitrogens with zero attached hydrogens (tertiary/aromatic N) is 1. The predicted octanol–water partition coefficient (Wildman–Crippen LogP) is 2.65. The van der Waals surface area contributed by atoms with Gasteiger partial charge >= 0.3 is 0 Å². The molecule has 0 bridgehead atoms. The smallest absolute Gasteiger partial charge is 0.0249 e. The van der Waals surface area contributed by atoms with Gasteiger partial charge in [-0.2, -0.15) is 0 Å². The highest BCUT2D eigenvalue weighted by atomic mass is 15.2. The van der Waals surface area contributed by atoms with E-state index in [1.54, 1.807) is 16.7 Å². The first kappa shape index (κ1) is 14.1. The maximum Gasteiger partial charge on any atom is 0.0249 e. The van der Waals surface area contributed by atoms with Gasteiger partial charge in [-0.1, -0.05) is 31.5 Å². The molecular formula is C18H28N2. The largest absolute Gasteiger partial charge is 0.314 e. The van der Waals surface area contributed by atoms with Crippen molar-refractivity contribution in [3.05, 3.63) is 34.9 Å². The number of aryl methyl sites for hydroxylation is 2. The van der Waals surface area contributed by atoms with E-state index in [1.165, 1.54) is 45.2 Å². The summed E-state index contributed by atoms with van der Waals surface area (Å²) in [6, 6.07) is 7.70. The third kappa shape index (κ3) is 2.77. The highest BCUT2D eigenvalue weighted by molar-refractivity contribution is 5.37. The molecule has 0 saturated carbocycles. The van der Waals surface area contributed by atoms with Gasteiger partial charge in [0.1, 0.15) is 0 Å². The standard InChI is InChI=1S/C18H28N2/c1-3-5-14-6-4-7-15-8-9-16(12-17(14)15)18-13-19-10-11-20(18)2/h4,6-7,16,18-19H,3,5,8-13H2,1-2H3. The Kier molecular flexibility index (Phi) is 4.42. The van der Waals surface area contributed by atoms with Crippen LogP contribution in [0.25, 0.3) is 0 Å². The van der Waals surface area contributed by atoms with Crippen molar-refractivity contribution >= 4 is 0 Å². The Bertz CT molecular complexity index is 455. The van der Waals surface area contributed by atoms with Gasteiger partial charge in [-0.15, -0.1) is 0 Å². The summed E-state index contributed by atoms with van der Waals surface area (Å²) in [5.74, 6) is 0.832. The molecule has 2 heteroatoms. The maximum absolute atomic E-state index is 3.58. The first-order valence-electron chi connectivity index (χ1n) is 8.30. The average molecular weight is 272 g/mol. The number of hydrogen-bond acceptors (Lipinski definition) is 2. The van der Waals surface area contributed by atoms with Crippen LogP contribution in [0.3, 0.4) is 0 Å². The molecule has 0 radical (unpaired) electrons. The van der Waals surface area contributed by atoms with Gasteiger partial charge in [-0.05, 0) is 55.3 Å². The summed E-state index contributed by atoms with van der Waals surface area (Å²) in [6.45, 7) is 5.81. The summed E-state index contributed by atoms with van der Waals surface area (Å²) < 4.78 is 0. The van der Waals surface area contributed by atoms with Gasteiger partial charge in [0.2, 0.25) is 0 Å². The number of fused-ring (bicyclic) bond motifs is 1. The van der Waals surface area contributed by atoms with Gasteiger partial charge in [0.25, 0.3) is 0 Å². The third-order valence-electron chi connectivity index (χ3n) is 5.25. The molecule has 20 heavy (non-hydrogen) atoms. The molecule has 2 aliphatic rings. The molecule has 1 saturated heterocycles. The van der Waals surface area contributed by atoms with Crippen molar-refractivity contribution in [3.8, 4) is 0 Å². The lowest BCUT2D eigenvalue weighted by Crippen LogP contribution is -2.53. The SMILES string of the molecule is CCCc1cccc2c1CC(C1CNCCN1C)CC2. The van der Waals surface area contributed by atoms with E-state index in [4.69, 9.17) is 0 Å². The Hall–Kier alpha value is -0.860. The van der Waals surface area contributed by atoms with E-state index in [2.05, 4.69) is 42.4 Å². The molecule has 3 rings (SSSR count). The Morgan fingerprint density at radius 1 is 1.35 bits per heavy atom. The van der Waals surface area contributed by atoms with Gasteiger partial charge in [0.15, 0.2) is 0 Å². The van der Waals surface area contributed by atoms with Crippen LogP contribution in [0.1, 0.15) is 36.5 Å². The second kappa shape index (κ2) is 6.28. The second-order valence-electron chi connectivity index (χ2n) is 6.56. The van der Waals surface area contributed by atoms with Crippen LogP contribution in [0.2, 0.25) is 0 Å². The van der Waals surface area contributed by atoms with E-state index < -0.39 is 0 Å². The van der Waals surface area contributed by atoms with Crippen LogP contribution in [0.15, 0.2) is 18.2 Å². The molecule has 1 aromatic rings. The van der Waals surface area contributed by atoms with Crippen molar-refractivity contribution in [3.63, 3.8) is 0 Å². The molecule has 1 heterocycles. The van der Waals surface area contributed by atoms with Crippen molar-refractivity contribution in [2.75, 3.05) is 26.7 Å². The summed E-state index contributed by atoms with van der Waals surface area (Å²) in [6.07, 6.45) is 6.43. The molecule has 0 spiro atoms. The Balaban J connectivity index is 1.79. The third-order valence-corrected chi connectivity index (χ3v) is 5.25. The van der Waals surface area contributed by atoms with Gasteiger partial charge in [-0.25, -0.2) is 0 Å². The molecule has 110 valence electrons. The van der Waals surface area contributed by atoms with E-state index in [0.717, 1.165) is 18.5 Å². The summed E-state index contributed by atoms with van der Waals surface area (Å²) in [5.41, 5.74) is 4.92. The monoisotopic (exact) mass is 272 g/mol. The fourth-order valence-electron chi connectivity index (χ4n) is 4.07. The lowest BCUT2D eigenvalue weighted by atomic mass is 9.77. The zero-order chi connectivity index (χ0) is 13.9. The highest BCUT2D eigenvalue weighted by Gasteiger charge is 2.31. The number of benzene rings is 1. The molecule has 1 fully saturated rings. The topological polar surface area (TPSA) is 15.3 Å². The molecule has 1 aliphatic heterocycles. The van der Waals surface area contributed by atoms with Crippen LogP contribution in [0, 0.1) is 5.92 Å². The molecule has 0 aromatic heterocycles. The summed E-state index contributed by atoms with van der Waals surface area (Å²) >= 11 is 0. The fourth-order valence-corrected chi connectivity index (χ4v) is 4.07. The first-order chi connectivity index (χ1) is 9.79. The van der Waals surface area contributed by atoms with Crippen LogP contribution >= 0.6 is 0 Å². The average Bonchev–Trinajstić information content (AvgIpc) is 2.48. The van der Waals surface area contributed by atoms with Gasteiger partial charge in [-0.3, -0.25) is 0 Å². The van der Waals surface area contributed by atoms with Crippen molar-refractivity contribution in [1.29, 1.82) is 0 Å². The number of piperazine rings is 1. The van der Waals surface area contributed by atoms with Crippen LogP contribution in [0.5, 0.6) is 0 Å². The quantitative estimate of drug-likeness (QED) is 0.910. The van der Waals surface area contributed by atoms with Gasteiger partial charge in [0.05, 0.1) is 0 Å². The maximum atomic E-state index is 3.58. The summed E-state index contributed by atoms with van der Waals surface area (Å²) in [4.78, 5) is 2.58. The van der Waals surface area contributed by atoms with Crippen LogP contribution in [-0.4, -0.2) is 37.6 Å². The summed E-state index contributed by atoms with van der Waals surface area (Å²) in [5, 5.41) is 3.58. The van der Waals surface area contributed by atoms with E-state index >= 15 is 0 Å². The van der Waals surface area contributed by atoms with Crippen LogP contribution in [0.4, 0.5) is 0 Å². The van der Waals surface area contributed by atoms with E-state index in [1.807, 2.05) is 0 Å². The lowest BCUT2D eigenvalue weighted by molar-refractivity contribution is 0.133. The minimum atomic E-state index is 0.728. The number of likely N-dealkylation sites (N-methyl/N-ethyl adjacent to an activating group) is 1. The Morgan fingerprint density at radius 2 is 2.25 bits per heavy atom. The molecule has 0 amide bonds. The normalized spacial score (nSPS) is 27.3. The van der Waals surface area contributed by atoms with Crippen molar-refractivity contribution in [1.82, 2.24) is 10.2 Å². The Morgan fingerprint density at radius 3 is 3.05 bits per heavy atom. The number of hydrogen-bond donors (Lipinski definition) is 1. The second-order valence-corrected chi connectivity index (χ2v) is 6.56. The minimum Gasteiger partial charge on any atom is -0.314 e. The lowest BCUT2D eigenvalue weighted by Gasteiger charge is -2.41. The molecule has 2 atom stereocenters. The zero-order valence-electron chi connectivity index (χ0n) is 13.0. The Labute approximate surface area is 123 Å². The number of nitrogens with one attached hydrogen (secondary N) is 1. The summed E-state index contributed by atoms with van der Waals surface area (Å²) in [7, 11) is 2.30. The van der Waals surface area contributed by atoms with Crippen molar-refractivity contribution < 1.29 is 0 Å². The van der Waals surface area contributed by atoms with Crippen LogP contribution in [-0.2, 0) is 19.3 Å². The first-order valence-corrected chi connectivity index (χ1v) is 8.30. The molecule has 1 aromatic carbocycles. The molecular weight excluding hydrogens is 244 g/mol. The highest BCUT2D eigenvalue weighted by Crippen LogP contribution is 2.32. The zero-order valence-corrected chi connectivity index (χ0v) is 13.0. The molecule has 2 unspecified atom stereocenters. The minimum absolute atomic E-state index is 0.728. The van der Waals surface area contributed by atoms with Gasteiger partial charge in [0, 0.05) is 25.7 Å². The van der Waals surface area contributed by atoms with E-state index in [-0.39, 0.29) is 0 Å². The van der Waals surface area contributed by atoms with Crippen molar-refractivity contribution in [2.45, 2.75) is 45.1 Å². The number of rotatable bonds is 3. The fraction of sp³-hybridized carbons (Fsp3) is 0.667. The molecule has 1 N–H and O–H groups in total. The van der Waals surface area contributed by atoms with Crippen molar-refractivity contribution in [2.24, 2.45) is 5.92 Å². The predicted molar refractivity (Wildman–Crippen MR) is 85.2 cm³/mol. The molecule has 2 nitrogen and oxygen atoms in total. The molecule has 1 aliphatic carbocycles.